The third kappa shape index (κ3) is 4.97. The highest BCUT2D eigenvalue weighted by atomic mass is 19.1. The van der Waals surface area contributed by atoms with Crippen molar-refractivity contribution in [1.29, 1.82) is 0 Å². The van der Waals surface area contributed by atoms with Gasteiger partial charge in [-0.1, -0.05) is 55.5 Å². The van der Waals surface area contributed by atoms with Gasteiger partial charge in [-0.15, -0.1) is 0 Å². The highest BCUT2D eigenvalue weighted by Gasteiger charge is 2.07. The van der Waals surface area contributed by atoms with Gasteiger partial charge in [0.15, 0.2) is 0 Å². The molecule has 0 amide bonds. The van der Waals surface area contributed by atoms with Crippen LogP contribution in [0.2, 0.25) is 0 Å². The normalized spacial score (nSPS) is 10.6. The minimum atomic E-state index is -0.925. The number of rotatable bonds is 8. The molecule has 2 N–H and O–H groups in total. The molecule has 0 spiro atoms. The highest BCUT2D eigenvalue weighted by molar-refractivity contribution is 5.68. The van der Waals surface area contributed by atoms with E-state index in [1.54, 1.807) is 12.1 Å². The molecule has 0 aliphatic carbocycles. The molecular weight excluding hydrogens is 353 g/mol. The standard InChI is InChI=1S/C24H24FNO2/c1-2-18-7-3-4-9-22(18)20-8-5-6-17(14-20)16-26-21-12-10-19(23(25)15-21)11-13-24(27)28/h3-10,12,14-15,26H,2,11,13,16H2,1H3,(H,27,28). The van der Waals surface area contributed by atoms with Gasteiger partial charge < -0.3 is 10.4 Å². The van der Waals surface area contributed by atoms with Crippen molar-refractivity contribution < 1.29 is 14.3 Å². The minimum absolute atomic E-state index is 0.0737. The lowest BCUT2D eigenvalue weighted by atomic mass is 9.97. The number of halogens is 1. The number of hydrogen-bond donors (Lipinski definition) is 2. The fourth-order valence-corrected chi connectivity index (χ4v) is 3.26. The Morgan fingerprint density at radius 3 is 2.57 bits per heavy atom. The summed E-state index contributed by atoms with van der Waals surface area (Å²) >= 11 is 0. The number of anilines is 1. The smallest absolute Gasteiger partial charge is 0.303 e. The van der Waals surface area contributed by atoms with E-state index in [1.807, 2.05) is 18.2 Å². The zero-order valence-corrected chi connectivity index (χ0v) is 15.9. The Labute approximate surface area is 164 Å². The summed E-state index contributed by atoms with van der Waals surface area (Å²) in [4.78, 5) is 10.6. The summed E-state index contributed by atoms with van der Waals surface area (Å²) in [7, 11) is 0. The Balaban J connectivity index is 1.70. The van der Waals surface area contributed by atoms with Crippen molar-refractivity contribution in [3.8, 4) is 11.1 Å². The van der Waals surface area contributed by atoms with Crippen LogP contribution in [-0.2, 0) is 24.2 Å². The van der Waals surface area contributed by atoms with Crippen molar-refractivity contribution in [2.75, 3.05) is 5.32 Å². The first-order valence-electron chi connectivity index (χ1n) is 9.48. The predicted molar refractivity (Wildman–Crippen MR) is 111 cm³/mol. The average molecular weight is 377 g/mol. The molecule has 3 aromatic carbocycles. The first-order chi connectivity index (χ1) is 13.6. The Kier molecular flexibility index (Phi) is 6.43. The molecule has 4 heteroatoms. The molecule has 0 saturated carbocycles. The lowest BCUT2D eigenvalue weighted by Crippen LogP contribution is -2.02. The molecule has 0 bridgehead atoms. The molecule has 0 saturated heterocycles. The molecule has 144 valence electrons. The molecule has 0 heterocycles. The maximum atomic E-state index is 14.2. The van der Waals surface area contributed by atoms with Crippen molar-refractivity contribution >= 4 is 11.7 Å². The van der Waals surface area contributed by atoms with Crippen LogP contribution >= 0.6 is 0 Å². The van der Waals surface area contributed by atoms with Gasteiger partial charge >= 0.3 is 5.97 Å². The minimum Gasteiger partial charge on any atom is -0.481 e. The number of carboxylic acid groups (broad SMARTS) is 1. The van der Waals surface area contributed by atoms with Crippen LogP contribution in [0.25, 0.3) is 11.1 Å². The maximum Gasteiger partial charge on any atom is 0.303 e. The Bertz CT molecular complexity index is 968. The van der Waals surface area contributed by atoms with E-state index < -0.39 is 5.97 Å². The zero-order chi connectivity index (χ0) is 19.9. The summed E-state index contributed by atoms with van der Waals surface area (Å²) in [6.45, 7) is 2.73. The summed E-state index contributed by atoms with van der Waals surface area (Å²) in [6.07, 6.45) is 1.10. The van der Waals surface area contributed by atoms with Crippen LogP contribution in [0.3, 0.4) is 0 Å². The van der Waals surface area contributed by atoms with Crippen molar-refractivity contribution in [3.05, 3.63) is 89.2 Å². The van der Waals surface area contributed by atoms with Crippen LogP contribution in [0.1, 0.15) is 30.0 Å². The van der Waals surface area contributed by atoms with Gasteiger partial charge in [0.05, 0.1) is 0 Å². The molecule has 3 rings (SSSR count). The SMILES string of the molecule is CCc1ccccc1-c1cccc(CNc2ccc(CCC(=O)O)c(F)c2)c1. The second-order valence-corrected chi connectivity index (χ2v) is 6.76. The number of aliphatic carboxylic acids is 1. The molecule has 0 aliphatic rings. The molecule has 0 fully saturated rings. The van der Waals surface area contributed by atoms with Gasteiger partial charge in [0.25, 0.3) is 0 Å². The molecule has 0 aromatic heterocycles. The molecule has 3 nitrogen and oxygen atoms in total. The fraction of sp³-hybridized carbons (Fsp3) is 0.208. The van der Waals surface area contributed by atoms with Gasteiger partial charge in [-0.25, -0.2) is 4.39 Å². The van der Waals surface area contributed by atoms with Gasteiger partial charge in [-0.2, -0.15) is 0 Å². The van der Waals surface area contributed by atoms with Gasteiger partial charge in [0.1, 0.15) is 5.82 Å². The third-order valence-electron chi connectivity index (χ3n) is 4.79. The lowest BCUT2D eigenvalue weighted by molar-refractivity contribution is -0.136. The summed E-state index contributed by atoms with van der Waals surface area (Å²) in [5, 5.41) is 12.0. The number of hydrogen-bond acceptors (Lipinski definition) is 2. The lowest BCUT2D eigenvalue weighted by Gasteiger charge is -2.12. The Hall–Kier alpha value is -3.14. The molecule has 3 aromatic rings. The first kappa shape index (κ1) is 19.6. The van der Waals surface area contributed by atoms with Gasteiger partial charge in [-0.05, 0) is 58.9 Å². The van der Waals surface area contributed by atoms with E-state index >= 15 is 0 Å². The monoisotopic (exact) mass is 377 g/mol. The summed E-state index contributed by atoms with van der Waals surface area (Å²) < 4.78 is 14.2. The largest absolute Gasteiger partial charge is 0.481 e. The van der Waals surface area contributed by atoms with E-state index in [0.717, 1.165) is 12.0 Å². The van der Waals surface area contributed by atoms with E-state index in [2.05, 4.69) is 42.6 Å². The molecule has 0 aliphatic heterocycles. The molecule has 0 unspecified atom stereocenters. The first-order valence-corrected chi connectivity index (χ1v) is 9.48. The Morgan fingerprint density at radius 1 is 1.00 bits per heavy atom. The van der Waals surface area contributed by atoms with Gasteiger partial charge in [0, 0.05) is 18.7 Å². The number of carboxylic acids is 1. The number of carbonyl (C=O) groups is 1. The van der Waals surface area contributed by atoms with Crippen LogP contribution in [0, 0.1) is 5.82 Å². The van der Waals surface area contributed by atoms with E-state index in [4.69, 9.17) is 5.11 Å². The van der Waals surface area contributed by atoms with Crippen molar-refractivity contribution in [1.82, 2.24) is 0 Å². The van der Waals surface area contributed by atoms with E-state index in [9.17, 15) is 9.18 Å². The Morgan fingerprint density at radius 2 is 1.82 bits per heavy atom. The van der Waals surface area contributed by atoms with Crippen molar-refractivity contribution in [3.63, 3.8) is 0 Å². The fourth-order valence-electron chi connectivity index (χ4n) is 3.26. The highest BCUT2D eigenvalue weighted by Crippen LogP contribution is 2.25. The molecule has 0 radical (unpaired) electrons. The van der Waals surface area contributed by atoms with Crippen LogP contribution < -0.4 is 5.32 Å². The van der Waals surface area contributed by atoms with Crippen molar-refractivity contribution in [2.45, 2.75) is 32.7 Å². The summed E-state index contributed by atoms with van der Waals surface area (Å²) in [5.74, 6) is -1.30. The van der Waals surface area contributed by atoms with E-state index in [-0.39, 0.29) is 18.7 Å². The number of nitrogens with one attached hydrogen (secondary N) is 1. The van der Waals surface area contributed by atoms with E-state index in [0.29, 0.717) is 17.8 Å². The molecule has 28 heavy (non-hydrogen) atoms. The van der Waals surface area contributed by atoms with Crippen LogP contribution in [0.5, 0.6) is 0 Å². The number of benzene rings is 3. The molecular formula is C24H24FNO2. The molecule has 0 atom stereocenters. The van der Waals surface area contributed by atoms with Gasteiger partial charge in [0.2, 0.25) is 0 Å². The number of aryl methyl sites for hydroxylation is 2. The summed E-state index contributed by atoms with van der Waals surface area (Å²) in [6, 6.07) is 21.6. The van der Waals surface area contributed by atoms with Crippen LogP contribution in [0.4, 0.5) is 10.1 Å². The second-order valence-electron chi connectivity index (χ2n) is 6.76. The predicted octanol–water partition coefficient (Wildman–Crippen LogP) is 5.68. The van der Waals surface area contributed by atoms with Gasteiger partial charge in [-0.3, -0.25) is 4.79 Å². The quantitative estimate of drug-likeness (QED) is 0.531. The third-order valence-corrected chi connectivity index (χ3v) is 4.79. The summed E-state index contributed by atoms with van der Waals surface area (Å²) in [5.41, 5.74) is 5.93. The zero-order valence-electron chi connectivity index (χ0n) is 15.9. The van der Waals surface area contributed by atoms with Crippen LogP contribution in [-0.4, -0.2) is 11.1 Å². The second kappa shape index (κ2) is 9.18. The topological polar surface area (TPSA) is 49.3 Å². The van der Waals surface area contributed by atoms with E-state index in [1.165, 1.54) is 22.8 Å². The average Bonchev–Trinajstić information content (AvgIpc) is 2.71. The van der Waals surface area contributed by atoms with Crippen LogP contribution in [0.15, 0.2) is 66.7 Å². The van der Waals surface area contributed by atoms with Crippen molar-refractivity contribution in [2.24, 2.45) is 0 Å². The maximum absolute atomic E-state index is 14.2.